The van der Waals surface area contributed by atoms with Crippen LogP contribution in [0.1, 0.15) is 13.8 Å². The van der Waals surface area contributed by atoms with Crippen LogP contribution in [0.3, 0.4) is 0 Å². The highest BCUT2D eigenvalue weighted by molar-refractivity contribution is 6.32. The predicted molar refractivity (Wildman–Crippen MR) is 104 cm³/mol. The lowest BCUT2D eigenvalue weighted by Gasteiger charge is -2.10. The van der Waals surface area contributed by atoms with E-state index in [1.807, 2.05) is 13.8 Å². The minimum absolute atomic E-state index is 0.167. The molecule has 0 saturated carbocycles. The molecule has 0 radical (unpaired) electrons. The lowest BCUT2D eigenvalue weighted by molar-refractivity contribution is -0.139. The molecule has 0 amide bonds. The van der Waals surface area contributed by atoms with Gasteiger partial charge < -0.3 is 19.1 Å². The summed E-state index contributed by atoms with van der Waals surface area (Å²) in [7, 11) is 0. The van der Waals surface area contributed by atoms with E-state index in [4.69, 9.17) is 30.7 Å². The van der Waals surface area contributed by atoms with Gasteiger partial charge in [-0.1, -0.05) is 30.6 Å². The first-order chi connectivity index (χ1) is 13.8. The van der Waals surface area contributed by atoms with Crippen LogP contribution in [0.5, 0.6) is 11.5 Å². The molecular weight excluding hydrogens is 403 g/mol. The molecule has 1 heterocycles. The van der Waals surface area contributed by atoms with Crippen LogP contribution in [0, 0.1) is 11.7 Å². The molecule has 1 aromatic heterocycles. The van der Waals surface area contributed by atoms with Crippen LogP contribution in [0.4, 0.5) is 4.39 Å². The quantitative estimate of drug-likeness (QED) is 0.564. The van der Waals surface area contributed by atoms with E-state index in [1.165, 1.54) is 12.1 Å². The summed E-state index contributed by atoms with van der Waals surface area (Å²) in [6, 6.07) is 9.06. The molecular formula is C20H18ClFN2O5. The molecule has 2 aromatic carbocycles. The Morgan fingerprint density at radius 1 is 1.17 bits per heavy atom. The molecule has 152 valence electrons. The molecule has 9 heteroatoms. The van der Waals surface area contributed by atoms with E-state index in [9.17, 15) is 9.18 Å². The number of aromatic nitrogens is 2. The monoisotopic (exact) mass is 420 g/mol. The van der Waals surface area contributed by atoms with Crippen LogP contribution in [0.2, 0.25) is 5.02 Å². The molecule has 0 aliphatic carbocycles. The molecule has 0 bridgehead atoms. The van der Waals surface area contributed by atoms with Crippen molar-refractivity contribution in [1.29, 1.82) is 0 Å². The molecule has 0 aliphatic heterocycles. The Morgan fingerprint density at radius 2 is 1.90 bits per heavy atom. The van der Waals surface area contributed by atoms with E-state index in [2.05, 4.69) is 10.1 Å². The first-order valence-electron chi connectivity index (χ1n) is 8.74. The number of rotatable bonds is 8. The largest absolute Gasteiger partial charge is 0.492 e. The van der Waals surface area contributed by atoms with Crippen LogP contribution >= 0.6 is 11.6 Å². The highest BCUT2D eigenvalue weighted by atomic mass is 35.5. The van der Waals surface area contributed by atoms with Crippen molar-refractivity contribution in [2.45, 2.75) is 13.8 Å². The van der Waals surface area contributed by atoms with Crippen molar-refractivity contribution in [3.05, 3.63) is 47.2 Å². The number of carboxylic acid groups (broad SMARTS) is 1. The summed E-state index contributed by atoms with van der Waals surface area (Å²) in [5.74, 6) is -0.804. The number of ether oxygens (including phenoxy) is 2. The Morgan fingerprint density at radius 3 is 2.55 bits per heavy atom. The summed E-state index contributed by atoms with van der Waals surface area (Å²) >= 11 is 6.26. The van der Waals surface area contributed by atoms with Gasteiger partial charge in [0.2, 0.25) is 5.82 Å². The van der Waals surface area contributed by atoms with E-state index in [0.717, 1.165) is 6.07 Å². The second kappa shape index (κ2) is 8.91. The highest BCUT2D eigenvalue weighted by Crippen LogP contribution is 2.31. The average Bonchev–Trinajstić information content (AvgIpc) is 3.16. The number of hydrogen-bond acceptors (Lipinski definition) is 6. The summed E-state index contributed by atoms with van der Waals surface area (Å²) in [5.41, 5.74) is 0.940. The summed E-state index contributed by atoms with van der Waals surface area (Å²) in [5, 5.41) is 12.9. The molecule has 3 aromatic rings. The summed E-state index contributed by atoms with van der Waals surface area (Å²) < 4.78 is 29.9. The molecule has 0 saturated heterocycles. The molecule has 7 nitrogen and oxygen atoms in total. The Balaban J connectivity index is 1.78. The fraction of sp³-hybridized carbons (Fsp3) is 0.250. The number of nitrogens with zero attached hydrogens (tertiary/aromatic N) is 2. The minimum atomic E-state index is -1.20. The van der Waals surface area contributed by atoms with Crippen molar-refractivity contribution in [3.8, 4) is 34.3 Å². The van der Waals surface area contributed by atoms with Crippen LogP contribution in [-0.4, -0.2) is 34.4 Å². The fourth-order valence-electron chi connectivity index (χ4n) is 2.36. The van der Waals surface area contributed by atoms with Gasteiger partial charge in [-0.2, -0.15) is 4.98 Å². The zero-order chi connectivity index (χ0) is 21.0. The molecule has 3 rings (SSSR count). The maximum atomic E-state index is 14.1. The number of carboxylic acids is 1. The topological polar surface area (TPSA) is 94.7 Å². The number of carbonyl (C=O) groups is 1. The third-order valence-corrected chi connectivity index (χ3v) is 4.01. The van der Waals surface area contributed by atoms with Crippen LogP contribution < -0.4 is 9.47 Å². The predicted octanol–water partition coefficient (Wildman–Crippen LogP) is 4.69. The smallest absolute Gasteiger partial charge is 0.341 e. The van der Waals surface area contributed by atoms with Crippen molar-refractivity contribution in [3.63, 3.8) is 0 Å². The standard InChI is InChI=1S/C20H18ClFN2O5/c1-11(2)9-27-16-5-4-13(7-14(16)21)20-23-19(24-29-20)12-3-6-17(15(22)8-12)28-10-18(25)26/h3-8,11H,9-10H2,1-2H3,(H,25,26). The zero-order valence-electron chi connectivity index (χ0n) is 15.7. The van der Waals surface area contributed by atoms with Gasteiger partial charge in [0, 0.05) is 11.1 Å². The van der Waals surface area contributed by atoms with E-state index >= 15 is 0 Å². The van der Waals surface area contributed by atoms with Gasteiger partial charge in [-0.3, -0.25) is 0 Å². The van der Waals surface area contributed by atoms with Crippen LogP contribution in [-0.2, 0) is 4.79 Å². The van der Waals surface area contributed by atoms with Gasteiger partial charge in [0.05, 0.1) is 11.6 Å². The summed E-state index contributed by atoms with van der Waals surface area (Å²) in [6.07, 6.45) is 0. The maximum absolute atomic E-state index is 14.1. The Kier molecular flexibility index (Phi) is 6.33. The molecule has 0 fully saturated rings. The summed E-state index contributed by atoms with van der Waals surface area (Å²) in [6.45, 7) is 3.98. The van der Waals surface area contributed by atoms with Gasteiger partial charge in [-0.05, 0) is 42.3 Å². The summed E-state index contributed by atoms with van der Waals surface area (Å²) in [4.78, 5) is 14.8. The van der Waals surface area contributed by atoms with Gasteiger partial charge in [-0.25, -0.2) is 9.18 Å². The molecule has 1 N–H and O–H groups in total. The Labute approximate surface area is 171 Å². The van der Waals surface area contributed by atoms with Crippen LogP contribution in [0.15, 0.2) is 40.9 Å². The van der Waals surface area contributed by atoms with Gasteiger partial charge in [0.25, 0.3) is 5.89 Å². The average molecular weight is 421 g/mol. The zero-order valence-corrected chi connectivity index (χ0v) is 16.4. The van der Waals surface area contributed by atoms with Gasteiger partial charge in [0.1, 0.15) is 5.75 Å². The normalized spacial score (nSPS) is 10.9. The molecule has 0 spiro atoms. The second-order valence-corrected chi connectivity index (χ2v) is 7.01. The lowest BCUT2D eigenvalue weighted by Crippen LogP contribution is -2.10. The first-order valence-corrected chi connectivity index (χ1v) is 9.12. The maximum Gasteiger partial charge on any atom is 0.341 e. The fourth-order valence-corrected chi connectivity index (χ4v) is 2.60. The lowest BCUT2D eigenvalue weighted by atomic mass is 10.2. The Hall–Kier alpha value is -3.13. The van der Waals surface area contributed by atoms with Crippen molar-refractivity contribution >= 4 is 17.6 Å². The minimum Gasteiger partial charge on any atom is -0.492 e. The van der Waals surface area contributed by atoms with Crippen molar-refractivity contribution in [2.24, 2.45) is 5.92 Å². The second-order valence-electron chi connectivity index (χ2n) is 6.60. The van der Waals surface area contributed by atoms with Gasteiger partial charge in [0.15, 0.2) is 18.2 Å². The van der Waals surface area contributed by atoms with E-state index in [1.54, 1.807) is 18.2 Å². The van der Waals surface area contributed by atoms with Gasteiger partial charge in [-0.15, -0.1) is 0 Å². The molecule has 0 unspecified atom stereocenters. The van der Waals surface area contributed by atoms with E-state index in [-0.39, 0.29) is 17.5 Å². The van der Waals surface area contributed by atoms with Crippen molar-refractivity contribution < 1.29 is 28.3 Å². The number of benzene rings is 2. The number of halogens is 2. The van der Waals surface area contributed by atoms with E-state index in [0.29, 0.717) is 34.4 Å². The van der Waals surface area contributed by atoms with Gasteiger partial charge >= 0.3 is 5.97 Å². The molecule has 0 atom stereocenters. The van der Waals surface area contributed by atoms with Crippen molar-refractivity contribution in [2.75, 3.05) is 13.2 Å². The SMILES string of the molecule is CC(C)COc1ccc(-c2nc(-c3ccc(OCC(=O)O)c(F)c3)no2)cc1Cl. The third-order valence-electron chi connectivity index (χ3n) is 3.72. The Bertz CT molecular complexity index is 1020. The van der Waals surface area contributed by atoms with E-state index < -0.39 is 18.4 Å². The molecule has 0 aliphatic rings. The highest BCUT2D eigenvalue weighted by Gasteiger charge is 2.15. The number of hydrogen-bond donors (Lipinski definition) is 1. The van der Waals surface area contributed by atoms with Crippen LogP contribution in [0.25, 0.3) is 22.8 Å². The molecule has 29 heavy (non-hydrogen) atoms. The third kappa shape index (κ3) is 5.23. The number of aliphatic carboxylic acids is 1. The first kappa shape index (κ1) is 20.6. The van der Waals surface area contributed by atoms with Crippen molar-refractivity contribution in [1.82, 2.24) is 10.1 Å².